The summed E-state index contributed by atoms with van der Waals surface area (Å²) in [6, 6.07) is 39.4. The molecule has 0 fully saturated rings. The number of nitrogens with zero attached hydrogens (tertiary/aromatic N) is 2. The van der Waals surface area contributed by atoms with E-state index in [2.05, 4.69) is 24.3 Å². The second kappa shape index (κ2) is 12.1. The summed E-state index contributed by atoms with van der Waals surface area (Å²) in [5.41, 5.74) is 9.95. The lowest BCUT2D eigenvalue weighted by atomic mass is 9.98. The highest BCUT2D eigenvalue weighted by Gasteiger charge is 2.12. The molecule has 7 rings (SSSR count). The van der Waals surface area contributed by atoms with Crippen molar-refractivity contribution in [1.29, 1.82) is 0 Å². The minimum atomic E-state index is 0.574. The van der Waals surface area contributed by atoms with Crippen LogP contribution < -0.4 is 9.47 Å². The monoisotopic (exact) mass is 600 g/mol. The Balaban J connectivity index is 1.23. The summed E-state index contributed by atoms with van der Waals surface area (Å²) in [7, 11) is 3.17. The van der Waals surface area contributed by atoms with Crippen molar-refractivity contribution in [3.63, 3.8) is 0 Å². The third kappa shape index (κ3) is 5.26. The smallest absolute Gasteiger partial charge is 0.150 e. The van der Waals surface area contributed by atoms with Crippen molar-refractivity contribution >= 4 is 34.4 Å². The number of rotatable bonds is 8. The minimum absolute atomic E-state index is 0.574. The van der Waals surface area contributed by atoms with Crippen LogP contribution in [-0.2, 0) is 0 Å². The summed E-state index contributed by atoms with van der Waals surface area (Å²) in [4.78, 5) is 33.6. The molecule has 0 aliphatic carbocycles. The van der Waals surface area contributed by atoms with Crippen LogP contribution in [0.25, 0.3) is 66.6 Å². The molecule has 6 heteroatoms. The molecule has 0 aliphatic heterocycles. The quantitative estimate of drug-likeness (QED) is 0.128. The second-order valence-electron chi connectivity index (χ2n) is 10.9. The van der Waals surface area contributed by atoms with Crippen molar-refractivity contribution in [3.8, 4) is 56.3 Å². The molecule has 0 radical (unpaired) electrons. The molecule has 0 N–H and O–H groups in total. The Hall–Kier alpha value is -6.14. The first-order valence-corrected chi connectivity index (χ1v) is 14.8. The van der Waals surface area contributed by atoms with E-state index in [0.717, 1.165) is 79.1 Å². The number of carbonyl (C=O) groups excluding carboxylic acids is 2. The van der Waals surface area contributed by atoms with Crippen LogP contribution in [0.5, 0.6) is 11.5 Å². The fraction of sp³-hybridized carbons (Fsp3) is 0.0500. The Kier molecular flexibility index (Phi) is 7.53. The van der Waals surface area contributed by atoms with Gasteiger partial charge in [-0.1, -0.05) is 72.8 Å². The molecule has 5 aromatic carbocycles. The Morgan fingerprint density at radius 3 is 1.20 bits per heavy atom. The van der Waals surface area contributed by atoms with Crippen molar-refractivity contribution in [2.24, 2.45) is 0 Å². The third-order valence-corrected chi connectivity index (χ3v) is 8.27. The fourth-order valence-electron chi connectivity index (χ4n) is 5.79. The zero-order valence-electron chi connectivity index (χ0n) is 25.2. The molecule has 2 heterocycles. The SMILES string of the molecule is COc1ccc(-c2ccc(-c3ccc4ccc5ccc(-c6ccc(-c7ccc(OC)cc7C=O)cc6)nc5c4n3)cc2)c(C=O)c1. The van der Waals surface area contributed by atoms with E-state index in [1.807, 2.05) is 84.9 Å². The second-order valence-corrected chi connectivity index (χ2v) is 10.9. The molecule has 2 aromatic heterocycles. The van der Waals surface area contributed by atoms with Gasteiger partial charge in [0.25, 0.3) is 0 Å². The van der Waals surface area contributed by atoms with E-state index >= 15 is 0 Å². The van der Waals surface area contributed by atoms with Crippen LogP contribution in [-0.4, -0.2) is 36.8 Å². The van der Waals surface area contributed by atoms with Gasteiger partial charge in [0.2, 0.25) is 0 Å². The van der Waals surface area contributed by atoms with Crippen LogP contribution >= 0.6 is 0 Å². The van der Waals surface area contributed by atoms with Crippen LogP contribution in [0.15, 0.2) is 121 Å². The number of aromatic nitrogens is 2. The van der Waals surface area contributed by atoms with Crippen LogP contribution in [0, 0.1) is 0 Å². The van der Waals surface area contributed by atoms with Crippen LogP contribution in [0.1, 0.15) is 20.7 Å². The van der Waals surface area contributed by atoms with Gasteiger partial charge < -0.3 is 9.47 Å². The molecule has 222 valence electrons. The van der Waals surface area contributed by atoms with E-state index in [4.69, 9.17) is 19.4 Å². The molecular weight excluding hydrogens is 572 g/mol. The lowest BCUT2D eigenvalue weighted by Gasteiger charge is -2.11. The third-order valence-electron chi connectivity index (χ3n) is 8.27. The first-order chi connectivity index (χ1) is 22.6. The van der Waals surface area contributed by atoms with Gasteiger partial charge in [0, 0.05) is 33.0 Å². The zero-order valence-corrected chi connectivity index (χ0v) is 25.2. The Morgan fingerprint density at radius 2 is 0.826 bits per heavy atom. The summed E-state index contributed by atoms with van der Waals surface area (Å²) in [6.45, 7) is 0. The van der Waals surface area contributed by atoms with Crippen molar-refractivity contribution in [1.82, 2.24) is 9.97 Å². The minimum Gasteiger partial charge on any atom is -0.497 e. The van der Waals surface area contributed by atoms with Crippen molar-refractivity contribution in [3.05, 3.63) is 132 Å². The Labute approximate surface area is 265 Å². The van der Waals surface area contributed by atoms with Gasteiger partial charge >= 0.3 is 0 Å². The average Bonchev–Trinajstić information content (AvgIpc) is 3.13. The molecule has 0 saturated heterocycles. The highest BCUT2D eigenvalue weighted by atomic mass is 16.5. The summed E-state index contributed by atoms with van der Waals surface area (Å²) >= 11 is 0. The summed E-state index contributed by atoms with van der Waals surface area (Å²) < 4.78 is 10.5. The zero-order chi connectivity index (χ0) is 31.6. The molecule has 46 heavy (non-hydrogen) atoms. The van der Waals surface area contributed by atoms with E-state index in [1.165, 1.54) is 0 Å². The number of fused-ring (bicyclic) bond motifs is 3. The first-order valence-electron chi connectivity index (χ1n) is 14.8. The summed E-state index contributed by atoms with van der Waals surface area (Å²) in [6.07, 6.45) is 1.70. The van der Waals surface area contributed by atoms with Crippen LogP contribution in [0.4, 0.5) is 0 Å². The molecule has 0 saturated carbocycles. The maximum Gasteiger partial charge on any atom is 0.150 e. The van der Waals surface area contributed by atoms with Gasteiger partial charge in [-0.25, -0.2) is 9.97 Å². The van der Waals surface area contributed by atoms with Gasteiger partial charge in [0.05, 0.1) is 36.6 Å². The molecule has 0 unspecified atom stereocenters. The lowest BCUT2D eigenvalue weighted by molar-refractivity contribution is 0.111. The van der Waals surface area contributed by atoms with E-state index in [-0.39, 0.29) is 0 Å². The summed E-state index contributed by atoms with van der Waals surface area (Å²) in [5, 5.41) is 2.00. The Morgan fingerprint density at radius 1 is 0.457 bits per heavy atom. The molecule has 0 bridgehead atoms. The van der Waals surface area contributed by atoms with Gasteiger partial charge in [-0.05, 0) is 70.8 Å². The summed E-state index contributed by atoms with van der Waals surface area (Å²) in [5.74, 6) is 1.29. The normalized spacial score (nSPS) is 11.0. The maximum atomic E-state index is 11.7. The van der Waals surface area contributed by atoms with Gasteiger partial charge in [0.1, 0.15) is 11.5 Å². The van der Waals surface area contributed by atoms with Gasteiger partial charge in [-0.3, -0.25) is 9.59 Å². The number of hydrogen-bond acceptors (Lipinski definition) is 6. The number of aldehydes is 2. The molecule has 0 atom stereocenters. The number of ether oxygens (including phenoxy) is 2. The average molecular weight is 601 g/mol. The van der Waals surface area contributed by atoms with Crippen molar-refractivity contribution in [2.45, 2.75) is 0 Å². The molecular formula is C40H28N2O4. The van der Waals surface area contributed by atoms with Gasteiger partial charge in [0.15, 0.2) is 12.6 Å². The number of benzene rings is 5. The lowest BCUT2D eigenvalue weighted by Crippen LogP contribution is -1.92. The molecule has 0 spiro atoms. The van der Waals surface area contributed by atoms with Crippen molar-refractivity contribution < 1.29 is 19.1 Å². The largest absolute Gasteiger partial charge is 0.497 e. The highest BCUT2D eigenvalue weighted by molar-refractivity contribution is 6.04. The molecule has 0 aliphatic rings. The number of methoxy groups -OCH3 is 2. The predicted molar refractivity (Wildman–Crippen MR) is 183 cm³/mol. The molecule has 6 nitrogen and oxygen atoms in total. The standard InChI is InChI=1S/C40H28N2O4/c1-45-33-15-17-35(31(21-33)23-43)25-3-7-27(8-4-25)37-19-13-29-11-12-30-14-20-38(42-40(30)39(29)41-37)28-9-5-26(6-10-28)36-18-16-34(46-2)22-32(36)24-44/h3-24H,1-2H3. The van der Waals surface area contributed by atoms with E-state index in [1.54, 1.807) is 26.4 Å². The topological polar surface area (TPSA) is 78.4 Å². The molecule has 7 aromatic rings. The first kappa shape index (κ1) is 28.6. The highest BCUT2D eigenvalue weighted by Crippen LogP contribution is 2.33. The van der Waals surface area contributed by atoms with E-state index < -0.39 is 0 Å². The molecule has 0 amide bonds. The number of pyridine rings is 2. The Bertz CT molecular complexity index is 2100. The van der Waals surface area contributed by atoms with E-state index in [9.17, 15) is 9.59 Å². The van der Waals surface area contributed by atoms with Crippen molar-refractivity contribution in [2.75, 3.05) is 14.2 Å². The maximum absolute atomic E-state index is 11.7. The van der Waals surface area contributed by atoms with Gasteiger partial charge in [-0.15, -0.1) is 0 Å². The van der Waals surface area contributed by atoms with Gasteiger partial charge in [-0.2, -0.15) is 0 Å². The van der Waals surface area contributed by atoms with Crippen LogP contribution in [0.2, 0.25) is 0 Å². The fourth-order valence-corrected chi connectivity index (χ4v) is 5.79. The van der Waals surface area contributed by atoms with Crippen LogP contribution in [0.3, 0.4) is 0 Å². The van der Waals surface area contributed by atoms with E-state index in [0.29, 0.717) is 22.6 Å². The number of carbonyl (C=O) groups is 2. The predicted octanol–water partition coefficient (Wildman–Crippen LogP) is 9.09. The number of hydrogen-bond donors (Lipinski definition) is 0.